The van der Waals surface area contributed by atoms with Gasteiger partial charge in [0.15, 0.2) is 11.6 Å². The monoisotopic (exact) mass is 254 g/mol. The van der Waals surface area contributed by atoms with Crippen LogP contribution in [0.25, 0.3) is 0 Å². The van der Waals surface area contributed by atoms with Gasteiger partial charge in [0.1, 0.15) is 0 Å². The van der Waals surface area contributed by atoms with Crippen molar-refractivity contribution in [3.8, 4) is 0 Å². The summed E-state index contributed by atoms with van der Waals surface area (Å²) in [6, 6.07) is 2.15. The largest absolute Gasteiger partial charge is 0.481 e. The fraction of sp³-hybridized carbons (Fsp3) is 0.500. The van der Waals surface area contributed by atoms with Crippen molar-refractivity contribution in [3.63, 3.8) is 0 Å². The predicted molar refractivity (Wildman–Crippen MR) is 63.5 cm³/mol. The summed E-state index contributed by atoms with van der Waals surface area (Å²) in [5.41, 5.74) is -0.108. The summed E-state index contributed by atoms with van der Waals surface area (Å²) in [4.78, 5) is 11.6. The highest BCUT2D eigenvalue weighted by molar-refractivity contribution is 5.82. The van der Waals surface area contributed by atoms with Crippen LogP contribution in [0.4, 0.5) is 8.78 Å². The highest BCUT2D eigenvalue weighted by Gasteiger charge is 2.42. The van der Waals surface area contributed by atoms with Crippen LogP contribution in [-0.2, 0) is 10.2 Å². The van der Waals surface area contributed by atoms with Crippen LogP contribution in [-0.4, -0.2) is 11.1 Å². The second-order valence-corrected chi connectivity index (χ2v) is 5.03. The molecule has 0 unspecified atom stereocenters. The first-order valence-corrected chi connectivity index (χ1v) is 6.17. The lowest BCUT2D eigenvalue weighted by atomic mass is 9.68. The minimum Gasteiger partial charge on any atom is -0.481 e. The topological polar surface area (TPSA) is 37.3 Å². The van der Waals surface area contributed by atoms with Gasteiger partial charge < -0.3 is 5.11 Å². The van der Waals surface area contributed by atoms with Crippen molar-refractivity contribution in [1.82, 2.24) is 0 Å². The van der Waals surface area contributed by atoms with E-state index >= 15 is 0 Å². The highest BCUT2D eigenvalue weighted by Crippen LogP contribution is 2.41. The van der Waals surface area contributed by atoms with Crippen molar-refractivity contribution in [2.75, 3.05) is 0 Å². The minimum atomic E-state index is -1.04. The van der Waals surface area contributed by atoms with Gasteiger partial charge in [-0.25, -0.2) is 8.78 Å². The maximum absolute atomic E-state index is 13.4. The summed E-state index contributed by atoms with van der Waals surface area (Å²) in [6.07, 6.45) is 3.61. The van der Waals surface area contributed by atoms with Crippen molar-refractivity contribution < 1.29 is 18.7 Å². The number of carboxylic acids is 1. The van der Waals surface area contributed by atoms with Gasteiger partial charge in [0, 0.05) is 0 Å². The lowest BCUT2D eigenvalue weighted by Gasteiger charge is -2.34. The molecule has 0 spiro atoms. The van der Waals surface area contributed by atoms with E-state index in [1.54, 1.807) is 6.92 Å². The van der Waals surface area contributed by atoms with Crippen LogP contribution in [0.15, 0.2) is 12.1 Å². The van der Waals surface area contributed by atoms with Crippen LogP contribution >= 0.6 is 0 Å². The Balaban J connectivity index is 2.55. The molecule has 1 fully saturated rings. The molecule has 0 radical (unpaired) electrons. The number of rotatable bonds is 2. The Morgan fingerprint density at radius 2 is 1.72 bits per heavy atom. The Morgan fingerprint density at radius 3 is 2.28 bits per heavy atom. The number of benzene rings is 1. The quantitative estimate of drug-likeness (QED) is 0.876. The minimum absolute atomic E-state index is 0.425. The maximum atomic E-state index is 13.4. The van der Waals surface area contributed by atoms with Gasteiger partial charge in [-0.1, -0.05) is 19.3 Å². The van der Waals surface area contributed by atoms with Crippen molar-refractivity contribution in [2.24, 2.45) is 0 Å². The number of hydrogen-bond acceptors (Lipinski definition) is 1. The molecule has 1 aromatic carbocycles. The standard InChI is InChI=1S/C14H16F2O2/c1-9-7-11(15)12(16)8-10(9)14(13(17)18)5-3-2-4-6-14/h7-8H,2-6H2,1H3,(H,17,18). The van der Waals surface area contributed by atoms with Gasteiger partial charge in [0.05, 0.1) is 5.41 Å². The van der Waals surface area contributed by atoms with Crippen molar-refractivity contribution in [3.05, 3.63) is 34.9 Å². The highest BCUT2D eigenvalue weighted by atomic mass is 19.2. The number of halogens is 2. The molecule has 1 aliphatic rings. The first-order valence-electron chi connectivity index (χ1n) is 6.17. The maximum Gasteiger partial charge on any atom is 0.314 e. The van der Waals surface area contributed by atoms with Crippen LogP contribution in [0.5, 0.6) is 0 Å². The first-order chi connectivity index (χ1) is 8.47. The molecule has 0 aliphatic heterocycles. The molecule has 1 aromatic rings. The SMILES string of the molecule is Cc1cc(F)c(F)cc1C1(C(=O)O)CCCCC1. The smallest absolute Gasteiger partial charge is 0.314 e. The van der Waals surface area contributed by atoms with E-state index in [2.05, 4.69) is 0 Å². The molecule has 2 nitrogen and oxygen atoms in total. The van der Waals surface area contributed by atoms with E-state index in [1.807, 2.05) is 0 Å². The van der Waals surface area contributed by atoms with E-state index < -0.39 is 23.0 Å². The summed E-state index contributed by atoms with van der Waals surface area (Å²) in [5, 5.41) is 9.51. The molecular formula is C14H16F2O2. The molecule has 98 valence electrons. The van der Waals surface area contributed by atoms with E-state index in [1.165, 1.54) is 0 Å². The molecule has 18 heavy (non-hydrogen) atoms. The fourth-order valence-corrected chi connectivity index (χ4v) is 2.92. The average Bonchev–Trinajstić information content (AvgIpc) is 2.34. The Morgan fingerprint density at radius 1 is 1.17 bits per heavy atom. The predicted octanol–water partition coefficient (Wildman–Crippen LogP) is 3.56. The van der Waals surface area contributed by atoms with Crippen LogP contribution in [0.3, 0.4) is 0 Å². The number of aryl methyl sites for hydroxylation is 1. The van der Waals surface area contributed by atoms with Gasteiger partial charge >= 0.3 is 5.97 Å². The van der Waals surface area contributed by atoms with Crippen molar-refractivity contribution in [1.29, 1.82) is 0 Å². The van der Waals surface area contributed by atoms with Crippen molar-refractivity contribution in [2.45, 2.75) is 44.4 Å². The van der Waals surface area contributed by atoms with Gasteiger partial charge in [-0.3, -0.25) is 4.79 Å². The third-order valence-corrected chi connectivity index (χ3v) is 3.90. The van der Waals surface area contributed by atoms with E-state index in [0.29, 0.717) is 24.0 Å². The van der Waals surface area contributed by atoms with Crippen LogP contribution in [0, 0.1) is 18.6 Å². The first kappa shape index (κ1) is 13.0. The summed E-state index contributed by atoms with van der Waals surface area (Å²) >= 11 is 0. The Kier molecular flexibility index (Phi) is 3.37. The number of hydrogen-bond donors (Lipinski definition) is 1. The van der Waals surface area contributed by atoms with E-state index in [-0.39, 0.29) is 0 Å². The second-order valence-electron chi connectivity index (χ2n) is 5.03. The zero-order chi connectivity index (χ0) is 13.3. The zero-order valence-corrected chi connectivity index (χ0v) is 10.3. The molecule has 0 aromatic heterocycles. The van der Waals surface area contributed by atoms with Crippen LogP contribution in [0.2, 0.25) is 0 Å². The molecule has 1 N–H and O–H groups in total. The molecule has 0 atom stereocenters. The number of aliphatic carboxylic acids is 1. The molecule has 0 saturated heterocycles. The average molecular weight is 254 g/mol. The summed E-state index contributed by atoms with van der Waals surface area (Å²) in [5.74, 6) is -2.83. The van der Waals surface area contributed by atoms with Gasteiger partial charge in [-0.15, -0.1) is 0 Å². The van der Waals surface area contributed by atoms with E-state index in [4.69, 9.17) is 0 Å². The van der Waals surface area contributed by atoms with E-state index in [9.17, 15) is 18.7 Å². The number of carbonyl (C=O) groups is 1. The molecule has 1 aliphatic carbocycles. The Bertz CT molecular complexity index is 477. The third-order valence-electron chi connectivity index (χ3n) is 3.90. The van der Waals surface area contributed by atoms with E-state index in [0.717, 1.165) is 31.4 Å². The molecule has 0 heterocycles. The van der Waals surface area contributed by atoms with Gasteiger partial charge in [0.2, 0.25) is 0 Å². The second kappa shape index (κ2) is 4.67. The lowest BCUT2D eigenvalue weighted by Crippen LogP contribution is -2.38. The van der Waals surface area contributed by atoms with Gasteiger partial charge in [-0.2, -0.15) is 0 Å². The number of carboxylic acid groups (broad SMARTS) is 1. The molecule has 4 heteroatoms. The van der Waals surface area contributed by atoms with Crippen LogP contribution < -0.4 is 0 Å². The fourth-order valence-electron chi connectivity index (χ4n) is 2.92. The normalized spacial score (nSPS) is 18.6. The summed E-state index contributed by atoms with van der Waals surface area (Å²) in [7, 11) is 0. The lowest BCUT2D eigenvalue weighted by molar-refractivity contribution is -0.145. The summed E-state index contributed by atoms with van der Waals surface area (Å²) in [6.45, 7) is 1.64. The Hall–Kier alpha value is -1.45. The third kappa shape index (κ3) is 2.00. The molecule has 0 amide bonds. The Labute approximate surface area is 105 Å². The molecule has 2 rings (SSSR count). The molecule has 1 saturated carbocycles. The van der Waals surface area contributed by atoms with Crippen LogP contribution in [0.1, 0.15) is 43.2 Å². The van der Waals surface area contributed by atoms with Gasteiger partial charge in [-0.05, 0) is 43.0 Å². The molecular weight excluding hydrogens is 238 g/mol. The summed E-state index contributed by atoms with van der Waals surface area (Å²) < 4.78 is 26.5. The van der Waals surface area contributed by atoms with Gasteiger partial charge in [0.25, 0.3) is 0 Å². The van der Waals surface area contributed by atoms with Crippen molar-refractivity contribution >= 4 is 5.97 Å². The molecule has 0 bridgehead atoms. The zero-order valence-electron chi connectivity index (χ0n) is 10.3.